The molecule has 9 heteroatoms. The van der Waals surface area contributed by atoms with E-state index in [1.165, 1.54) is 5.56 Å². The van der Waals surface area contributed by atoms with Gasteiger partial charge in [0.1, 0.15) is 5.75 Å². The van der Waals surface area contributed by atoms with Crippen LogP contribution in [0.5, 0.6) is 5.75 Å². The molecule has 1 aromatic carbocycles. The second kappa shape index (κ2) is 8.53. The maximum atomic E-state index is 12.6. The fourth-order valence-electron chi connectivity index (χ4n) is 6.18. The molecule has 0 aliphatic carbocycles. The quantitative estimate of drug-likeness (QED) is 0.684. The minimum Gasteiger partial charge on any atom is -0.497 e. The van der Waals surface area contributed by atoms with Gasteiger partial charge in [-0.2, -0.15) is 4.31 Å². The Labute approximate surface area is 196 Å². The van der Waals surface area contributed by atoms with Gasteiger partial charge in [0, 0.05) is 69.0 Å². The molecule has 5 rings (SSSR count). The van der Waals surface area contributed by atoms with E-state index in [0.717, 1.165) is 61.5 Å². The van der Waals surface area contributed by atoms with Gasteiger partial charge in [0.25, 0.3) is 0 Å². The molecule has 1 spiro atoms. The highest BCUT2D eigenvalue weighted by Gasteiger charge is 2.55. The van der Waals surface area contributed by atoms with E-state index in [9.17, 15) is 13.5 Å². The average Bonchev–Trinajstić information content (AvgIpc) is 3.10. The maximum absolute atomic E-state index is 12.6. The zero-order valence-corrected chi connectivity index (χ0v) is 20.6. The van der Waals surface area contributed by atoms with E-state index in [0.29, 0.717) is 19.0 Å². The Morgan fingerprint density at radius 1 is 1.21 bits per heavy atom. The van der Waals surface area contributed by atoms with Gasteiger partial charge < -0.3 is 19.1 Å². The first-order valence-corrected chi connectivity index (χ1v) is 13.5. The van der Waals surface area contributed by atoms with E-state index in [4.69, 9.17) is 9.47 Å². The number of benzene rings is 1. The second-order valence-electron chi connectivity index (χ2n) is 9.83. The van der Waals surface area contributed by atoms with E-state index in [1.54, 1.807) is 18.3 Å². The zero-order chi connectivity index (χ0) is 23.4. The van der Waals surface area contributed by atoms with Crippen LogP contribution in [0.4, 0.5) is 0 Å². The molecule has 3 aliphatic rings. The van der Waals surface area contributed by atoms with Crippen LogP contribution in [0.15, 0.2) is 18.2 Å². The lowest BCUT2D eigenvalue weighted by atomic mass is 9.69. The number of fused-ring (bicyclic) bond motifs is 4. The van der Waals surface area contributed by atoms with Gasteiger partial charge >= 0.3 is 0 Å². The number of rotatable bonds is 6. The molecule has 2 saturated heterocycles. The fourth-order valence-corrected chi connectivity index (χ4v) is 7.43. The van der Waals surface area contributed by atoms with E-state index >= 15 is 0 Å². The molecule has 33 heavy (non-hydrogen) atoms. The largest absolute Gasteiger partial charge is 0.497 e. The Hall–Kier alpha value is -1.65. The Bertz CT molecular complexity index is 1130. The van der Waals surface area contributed by atoms with Crippen molar-refractivity contribution < 1.29 is 23.0 Å². The first-order chi connectivity index (χ1) is 15.8. The van der Waals surface area contributed by atoms with Crippen LogP contribution in [0.2, 0.25) is 0 Å². The summed E-state index contributed by atoms with van der Waals surface area (Å²) in [5, 5.41) is 11.7. The number of aliphatic hydroxyl groups is 1. The Morgan fingerprint density at radius 3 is 2.58 bits per heavy atom. The van der Waals surface area contributed by atoms with Gasteiger partial charge in [0.2, 0.25) is 10.0 Å². The first-order valence-electron chi connectivity index (χ1n) is 11.9. The summed E-state index contributed by atoms with van der Waals surface area (Å²) in [5.41, 5.74) is 3.09. The lowest BCUT2D eigenvalue weighted by Crippen LogP contribution is -2.68. The number of aliphatic hydroxyl groups excluding tert-OH is 1. The van der Waals surface area contributed by atoms with Gasteiger partial charge in [-0.15, -0.1) is 0 Å². The number of aromatic nitrogens is 1. The summed E-state index contributed by atoms with van der Waals surface area (Å²) in [4.78, 5) is 2.41. The van der Waals surface area contributed by atoms with Crippen LogP contribution in [-0.2, 0) is 27.2 Å². The lowest BCUT2D eigenvalue weighted by Gasteiger charge is -2.56. The normalized spacial score (nSPS) is 24.2. The third-order valence-corrected chi connectivity index (χ3v) is 9.74. The molecule has 8 nitrogen and oxygen atoms in total. The standard InChI is InChI=1S/C24H35N3O5S/c1-4-33(29,30)27-15-24(16-27)14-26(12-17-7-9-32-10-8-17)21(13-28)23-22(24)19-6-5-18(31-3)11-20(19)25(23)2/h5-6,11,17,21,28H,4,7-10,12-16H2,1-3H3/t21-/m1/s1. The number of sulfonamides is 1. The van der Waals surface area contributed by atoms with E-state index in [1.807, 2.05) is 19.2 Å². The van der Waals surface area contributed by atoms with Gasteiger partial charge in [0.15, 0.2) is 0 Å². The van der Waals surface area contributed by atoms with Crippen molar-refractivity contribution in [2.45, 2.75) is 31.2 Å². The monoisotopic (exact) mass is 477 g/mol. The van der Waals surface area contributed by atoms with Crippen molar-refractivity contribution in [3.8, 4) is 5.75 Å². The van der Waals surface area contributed by atoms with Gasteiger partial charge in [-0.05, 0) is 43.4 Å². The molecule has 1 atom stereocenters. The number of ether oxygens (including phenoxy) is 2. The lowest BCUT2D eigenvalue weighted by molar-refractivity contribution is -0.000372. The van der Waals surface area contributed by atoms with Crippen molar-refractivity contribution in [3.63, 3.8) is 0 Å². The number of nitrogens with zero attached hydrogens (tertiary/aromatic N) is 3. The van der Waals surface area contributed by atoms with Crippen LogP contribution in [0, 0.1) is 5.92 Å². The van der Waals surface area contributed by atoms with Gasteiger partial charge in [0.05, 0.1) is 31.0 Å². The Morgan fingerprint density at radius 2 is 1.94 bits per heavy atom. The predicted octanol–water partition coefficient (Wildman–Crippen LogP) is 1.87. The summed E-state index contributed by atoms with van der Waals surface area (Å²) in [6, 6.07) is 5.98. The summed E-state index contributed by atoms with van der Waals surface area (Å²) in [7, 11) is 0.475. The van der Waals surface area contributed by atoms with Crippen molar-refractivity contribution in [2.75, 3.05) is 58.9 Å². The minimum absolute atomic E-state index is 0.0323. The minimum atomic E-state index is -3.24. The van der Waals surface area contributed by atoms with Crippen molar-refractivity contribution in [1.29, 1.82) is 0 Å². The topological polar surface area (TPSA) is 84.2 Å². The highest BCUT2D eigenvalue weighted by Crippen LogP contribution is 2.50. The molecule has 4 heterocycles. The van der Waals surface area contributed by atoms with Gasteiger partial charge in [-0.1, -0.05) is 0 Å². The summed E-state index contributed by atoms with van der Waals surface area (Å²) in [5.74, 6) is 1.43. The number of hydrogen-bond acceptors (Lipinski definition) is 6. The number of methoxy groups -OCH3 is 1. The first kappa shape index (κ1) is 23.1. The van der Waals surface area contributed by atoms with E-state index in [2.05, 4.69) is 15.5 Å². The maximum Gasteiger partial charge on any atom is 0.213 e. The van der Waals surface area contributed by atoms with Crippen LogP contribution >= 0.6 is 0 Å². The van der Waals surface area contributed by atoms with Crippen molar-refractivity contribution >= 4 is 20.9 Å². The molecular formula is C24H35N3O5S. The van der Waals surface area contributed by atoms with Crippen LogP contribution in [-0.4, -0.2) is 86.2 Å². The molecule has 2 aromatic rings. The summed E-state index contributed by atoms with van der Waals surface area (Å²) >= 11 is 0. The fraction of sp³-hybridized carbons (Fsp3) is 0.667. The zero-order valence-electron chi connectivity index (χ0n) is 19.8. The molecule has 0 bridgehead atoms. The Kier molecular flexibility index (Phi) is 5.98. The van der Waals surface area contributed by atoms with Crippen LogP contribution < -0.4 is 4.74 Å². The van der Waals surface area contributed by atoms with Crippen molar-refractivity contribution in [3.05, 3.63) is 29.5 Å². The molecule has 1 aromatic heterocycles. The highest BCUT2D eigenvalue weighted by atomic mass is 32.2. The molecular weight excluding hydrogens is 442 g/mol. The summed E-state index contributed by atoms with van der Waals surface area (Å²) in [6.45, 7) is 5.93. The highest BCUT2D eigenvalue weighted by molar-refractivity contribution is 7.89. The SMILES string of the molecule is CCS(=O)(=O)N1CC2(CN(CC3CCOCC3)[C@H](CO)c3c2c2ccc(OC)cc2n3C)C1. The molecule has 0 amide bonds. The molecule has 3 aliphatic heterocycles. The van der Waals surface area contributed by atoms with Crippen LogP contribution in [0.1, 0.15) is 37.1 Å². The van der Waals surface area contributed by atoms with Crippen molar-refractivity contribution in [2.24, 2.45) is 13.0 Å². The third kappa shape index (κ3) is 3.69. The molecule has 1 N–H and O–H groups in total. The smallest absolute Gasteiger partial charge is 0.213 e. The molecule has 182 valence electrons. The Balaban J connectivity index is 1.61. The van der Waals surface area contributed by atoms with E-state index < -0.39 is 10.0 Å². The van der Waals surface area contributed by atoms with Gasteiger partial charge in [-0.3, -0.25) is 4.90 Å². The van der Waals surface area contributed by atoms with Crippen LogP contribution in [0.3, 0.4) is 0 Å². The summed E-state index contributed by atoms with van der Waals surface area (Å²) < 4.78 is 40.1. The summed E-state index contributed by atoms with van der Waals surface area (Å²) in [6.07, 6.45) is 2.05. The predicted molar refractivity (Wildman–Crippen MR) is 127 cm³/mol. The van der Waals surface area contributed by atoms with Crippen LogP contribution in [0.25, 0.3) is 10.9 Å². The average molecular weight is 478 g/mol. The third-order valence-electron chi connectivity index (χ3n) is 7.97. The van der Waals surface area contributed by atoms with Gasteiger partial charge in [-0.25, -0.2) is 8.42 Å². The molecule has 2 fully saturated rings. The number of aryl methyl sites for hydroxylation is 1. The molecule has 0 radical (unpaired) electrons. The molecule has 0 unspecified atom stereocenters. The molecule has 0 saturated carbocycles. The second-order valence-corrected chi connectivity index (χ2v) is 12.1. The van der Waals surface area contributed by atoms with E-state index in [-0.39, 0.29) is 23.8 Å². The van der Waals surface area contributed by atoms with Crippen molar-refractivity contribution in [1.82, 2.24) is 13.8 Å². The number of hydrogen-bond donors (Lipinski definition) is 1.